The number of carboxylic acids is 1. The van der Waals surface area contributed by atoms with Crippen LogP contribution in [0.5, 0.6) is 0 Å². The molecule has 1 rings (SSSR count). The second-order valence-corrected chi connectivity index (χ2v) is 2.24. The van der Waals surface area contributed by atoms with E-state index < -0.39 is 12.1 Å². The van der Waals surface area contributed by atoms with E-state index in [0.29, 0.717) is 0 Å². The van der Waals surface area contributed by atoms with Crippen molar-refractivity contribution in [2.45, 2.75) is 18.9 Å². The fourth-order valence-corrected chi connectivity index (χ4v) is 0.895. The van der Waals surface area contributed by atoms with Crippen molar-refractivity contribution in [3.63, 3.8) is 0 Å². The Kier molecular flexibility index (Phi) is 19.8. The molecule has 1 heterocycles. The Labute approximate surface area is 167 Å². The van der Waals surface area contributed by atoms with E-state index in [0.717, 1.165) is 19.4 Å². The number of nitrogens with one attached hydrogen (secondary N) is 1. The van der Waals surface area contributed by atoms with E-state index in [4.69, 9.17) is 20.1 Å². The van der Waals surface area contributed by atoms with Gasteiger partial charge in [0.1, 0.15) is 6.04 Å². The number of carbonyl (C=O) groups is 2. The maximum Gasteiger partial charge on any atom is 1.00 e. The van der Waals surface area contributed by atoms with Crippen LogP contribution in [0.4, 0.5) is 4.79 Å². The second-order valence-electron chi connectivity index (χ2n) is 2.24. The van der Waals surface area contributed by atoms with Gasteiger partial charge in [0.05, 0.1) is 0 Å². The second kappa shape index (κ2) is 13.0. The average molecular weight is 253 g/mol. The van der Waals surface area contributed by atoms with Gasteiger partial charge in [-0.2, -0.15) is 0 Å². The molecule has 2 N–H and O–H groups in total. The molecule has 0 aromatic carbocycles. The SMILES string of the molecule is O=C(O)[C@@H]1CCCN1.O=C([O-])[O-].[K+].[K+]. The fraction of sp³-hybridized carbons (Fsp3) is 0.667. The summed E-state index contributed by atoms with van der Waals surface area (Å²) in [5.74, 6) is -0.720. The number of hydrogen-bond acceptors (Lipinski definition) is 5. The van der Waals surface area contributed by atoms with Crippen molar-refractivity contribution in [2.24, 2.45) is 0 Å². The van der Waals surface area contributed by atoms with Crippen LogP contribution in [-0.2, 0) is 4.79 Å². The summed E-state index contributed by atoms with van der Waals surface area (Å²) in [6, 6.07) is -0.269. The van der Waals surface area contributed by atoms with Gasteiger partial charge in [0, 0.05) is 0 Å². The Balaban J connectivity index is -0.000000180. The minimum Gasteiger partial charge on any atom is -0.652 e. The van der Waals surface area contributed by atoms with Crippen molar-refractivity contribution in [2.75, 3.05) is 6.54 Å². The van der Waals surface area contributed by atoms with Gasteiger partial charge in [-0.3, -0.25) is 4.79 Å². The third-order valence-electron chi connectivity index (χ3n) is 1.36. The first-order valence-corrected chi connectivity index (χ1v) is 3.38. The number of hydrogen-bond donors (Lipinski definition) is 2. The molecule has 0 spiro atoms. The molecule has 14 heavy (non-hydrogen) atoms. The zero-order valence-corrected chi connectivity index (χ0v) is 14.5. The van der Waals surface area contributed by atoms with E-state index in [1.54, 1.807) is 0 Å². The molecule has 0 aliphatic carbocycles. The zero-order valence-electron chi connectivity index (χ0n) is 8.28. The van der Waals surface area contributed by atoms with Gasteiger partial charge in [0.2, 0.25) is 0 Å². The zero-order chi connectivity index (χ0) is 9.56. The molecule has 0 aromatic rings. The number of carbonyl (C=O) groups excluding carboxylic acids is 1. The molecule has 70 valence electrons. The quantitative estimate of drug-likeness (QED) is 0.449. The Bertz CT molecular complexity index is 168. The molecule has 0 radical (unpaired) electrons. The fourth-order valence-electron chi connectivity index (χ4n) is 0.895. The van der Waals surface area contributed by atoms with E-state index in [1.165, 1.54) is 0 Å². The normalized spacial score (nSPS) is 17.9. The largest absolute Gasteiger partial charge is 1.00 e. The van der Waals surface area contributed by atoms with E-state index in [1.807, 2.05) is 0 Å². The van der Waals surface area contributed by atoms with Crippen molar-refractivity contribution in [1.82, 2.24) is 5.32 Å². The predicted octanol–water partition coefficient (Wildman–Crippen LogP) is -8.62. The van der Waals surface area contributed by atoms with Gasteiger partial charge in [-0.25, -0.2) is 0 Å². The molecule has 1 fully saturated rings. The monoisotopic (exact) mass is 253 g/mol. The molecular weight excluding hydrogens is 244 g/mol. The summed E-state index contributed by atoms with van der Waals surface area (Å²) in [7, 11) is 0. The molecule has 6 nitrogen and oxygen atoms in total. The van der Waals surface area contributed by atoms with E-state index in [-0.39, 0.29) is 109 Å². The maximum absolute atomic E-state index is 10.1. The Morgan fingerprint density at radius 2 is 1.71 bits per heavy atom. The Hall–Kier alpha value is 1.97. The molecular formula is C6H9K2NO5. The molecule has 1 aliphatic rings. The van der Waals surface area contributed by atoms with Gasteiger partial charge >= 0.3 is 109 Å². The van der Waals surface area contributed by atoms with Gasteiger partial charge in [0.25, 0.3) is 0 Å². The van der Waals surface area contributed by atoms with E-state index in [9.17, 15) is 4.79 Å². The van der Waals surface area contributed by atoms with Crippen LogP contribution in [0.15, 0.2) is 0 Å². The smallest absolute Gasteiger partial charge is 0.652 e. The first-order chi connectivity index (χ1) is 5.54. The molecule has 1 saturated heterocycles. The van der Waals surface area contributed by atoms with Gasteiger partial charge in [-0.15, -0.1) is 0 Å². The molecule has 1 aliphatic heterocycles. The summed E-state index contributed by atoms with van der Waals surface area (Å²) in [5.41, 5.74) is 0. The summed E-state index contributed by atoms with van der Waals surface area (Å²) >= 11 is 0. The van der Waals surface area contributed by atoms with Crippen LogP contribution < -0.4 is 118 Å². The van der Waals surface area contributed by atoms with Crippen molar-refractivity contribution < 1.29 is 128 Å². The minimum absolute atomic E-state index is 0. The number of aliphatic carboxylic acids is 1. The van der Waals surface area contributed by atoms with E-state index >= 15 is 0 Å². The van der Waals surface area contributed by atoms with Crippen LogP contribution in [0.25, 0.3) is 0 Å². The summed E-state index contributed by atoms with van der Waals surface area (Å²) in [6.07, 6.45) is -0.549. The Morgan fingerprint density at radius 3 is 1.86 bits per heavy atom. The van der Waals surface area contributed by atoms with Crippen LogP contribution >= 0.6 is 0 Å². The number of carboxylic acid groups (broad SMARTS) is 3. The van der Waals surface area contributed by atoms with Crippen LogP contribution in [0, 0.1) is 0 Å². The summed E-state index contributed by atoms with van der Waals surface area (Å²) in [6.45, 7) is 0.858. The third-order valence-corrected chi connectivity index (χ3v) is 1.36. The average Bonchev–Trinajstić information content (AvgIpc) is 2.34. The molecule has 0 aromatic heterocycles. The van der Waals surface area contributed by atoms with Crippen LogP contribution in [0.3, 0.4) is 0 Å². The standard InChI is InChI=1S/C5H9NO2.CH2O3.2K/c7-5(8)4-2-1-3-6-4;2-1(3)4;;/h4,6H,1-3H2,(H,7,8);(H2,2,3,4);;/q;;2*+1/p-2/t4-;;;/m0.../s1. The summed E-state index contributed by atoms with van der Waals surface area (Å²) < 4.78 is 0. The number of rotatable bonds is 1. The summed E-state index contributed by atoms with van der Waals surface area (Å²) in [4.78, 5) is 18.5. The van der Waals surface area contributed by atoms with Crippen molar-refractivity contribution in [1.29, 1.82) is 0 Å². The van der Waals surface area contributed by atoms with Crippen LogP contribution in [-0.4, -0.2) is 29.8 Å². The molecule has 8 heteroatoms. The molecule has 0 amide bonds. The van der Waals surface area contributed by atoms with Crippen molar-refractivity contribution >= 4 is 12.1 Å². The first-order valence-electron chi connectivity index (χ1n) is 3.38. The van der Waals surface area contributed by atoms with Crippen molar-refractivity contribution in [3.8, 4) is 0 Å². The van der Waals surface area contributed by atoms with Crippen molar-refractivity contribution in [3.05, 3.63) is 0 Å². The van der Waals surface area contributed by atoms with Gasteiger partial charge < -0.3 is 25.4 Å². The van der Waals surface area contributed by atoms with Gasteiger partial charge in [-0.1, -0.05) is 0 Å². The van der Waals surface area contributed by atoms with Gasteiger partial charge in [0.15, 0.2) is 0 Å². The predicted molar refractivity (Wildman–Crippen MR) is 34.1 cm³/mol. The first kappa shape index (κ1) is 21.3. The van der Waals surface area contributed by atoms with Crippen LogP contribution in [0.1, 0.15) is 12.8 Å². The van der Waals surface area contributed by atoms with Crippen LogP contribution in [0.2, 0.25) is 0 Å². The molecule has 0 saturated carbocycles. The molecule has 1 atom stereocenters. The Morgan fingerprint density at radius 1 is 1.29 bits per heavy atom. The maximum atomic E-state index is 10.1. The molecule has 0 bridgehead atoms. The topological polar surface area (TPSA) is 113 Å². The summed E-state index contributed by atoms with van der Waals surface area (Å²) in [5, 5.41) is 27.9. The van der Waals surface area contributed by atoms with E-state index in [2.05, 4.69) is 5.32 Å². The molecule has 0 unspecified atom stereocenters. The minimum atomic E-state index is -2.33. The van der Waals surface area contributed by atoms with Gasteiger partial charge in [-0.05, 0) is 25.5 Å². The third kappa shape index (κ3) is 14.0.